The summed E-state index contributed by atoms with van der Waals surface area (Å²) in [7, 11) is -3.33. The van der Waals surface area contributed by atoms with Crippen LogP contribution in [0.3, 0.4) is 0 Å². The second-order valence-corrected chi connectivity index (χ2v) is 9.09. The summed E-state index contributed by atoms with van der Waals surface area (Å²) in [5.41, 5.74) is -0.224. The molecule has 3 rings (SSSR count). The van der Waals surface area contributed by atoms with Gasteiger partial charge < -0.3 is 5.32 Å². The zero-order chi connectivity index (χ0) is 14.9. The summed E-state index contributed by atoms with van der Waals surface area (Å²) in [5.74, 6) is 0.465. The SMILES string of the molecule is CC1(NS(=O)(=O)N2CCCC(CNC3CC3)C2)CCCC1. The highest BCUT2D eigenvalue weighted by atomic mass is 32.2. The Morgan fingerprint density at radius 1 is 1.14 bits per heavy atom. The Labute approximate surface area is 129 Å². The summed E-state index contributed by atoms with van der Waals surface area (Å²) in [6.07, 6.45) is 8.89. The van der Waals surface area contributed by atoms with Crippen molar-refractivity contribution in [3.63, 3.8) is 0 Å². The van der Waals surface area contributed by atoms with Crippen LogP contribution in [0.5, 0.6) is 0 Å². The molecule has 2 aliphatic carbocycles. The Bertz CT molecular complexity index is 456. The normalized spacial score (nSPS) is 30.6. The molecule has 1 aliphatic heterocycles. The molecule has 0 spiro atoms. The van der Waals surface area contributed by atoms with Crippen molar-refractivity contribution in [3.8, 4) is 0 Å². The van der Waals surface area contributed by atoms with E-state index in [4.69, 9.17) is 0 Å². The maximum atomic E-state index is 12.6. The molecule has 1 unspecified atom stereocenters. The minimum Gasteiger partial charge on any atom is -0.314 e. The highest BCUT2D eigenvalue weighted by molar-refractivity contribution is 7.87. The first-order valence-corrected chi connectivity index (χ1v) is 9.93. The summed E-state index contributed by atoms with van der Waals surface area (Å²) in [6, 6.07) is 0.701. The van der Waals surface area contributed by atoms with Gasteiger partial charge >= 0.3 is 0 Å². The molecule has 0 amide bonds. The minimum absolute atomic E-state index is 0.224. The van der Waals surface area contributed by atoms with Crippen molar-refractivity contribution in [3.05, 3.63) is 0 Å². The van der Waals surface area contributed by atoms with Gasteiger partial charge in [0.25, 0.3) is 10.2 Å². The molecule has 0 aromatic heterocycles. The van der Waals surface area contributed by atoms with Gasteiger partial charge in [-0.25, -0.2) is 0 Å². The Morgan fingerprint density at radius 3 is 2.52 bits per heavy atom. The van der Waals surface area contributed by atoms with E-state index >= 15 is 0 Å². The molecule has 1 heterocycles. The largest absolute Gasteiger partial charge is 0.314 e. The predicted molar refractivity (Wildman–Crippen MR) is 84.3 cm³/mol. The van der Waals surface area contributed by atoms with Crippen molar-refractivity contribution >= 4 is 10.2 Å². The Hall–Kier alpha value is -0.170. The summed E-state index contributed by atoms with van der Waals surface area (Å²) in [5, 5.41) is 3.54. The van der Waals surface area contributed by atoms with E-state index in [1.807, 2.05) is 6.92 Å². The standard InChI is InChI=1S/C15H29N3O2S/c1-15(8-2-3-9-15)17-21(19,20)18-10-4-5-13(12-18)11-16-14-6-7-14/h13-14,16-17H,2-12H2,1H3. The predicted octanol–water partition coefficient (Wildman–Crippen LogP) is 1.62. The van der Waals surface area contributed by atoms with E-state index in [1.165, 1.54) is 12.8 Å². The average Bonchev–Trinajstić information content (AvgIpc) is 3.18. The number of hydrogen-bond acceptors (Lipinski definition) is 3. The molecule has 6 heteroatoms. The molecule has 3 fully saturated rings. The number of hydrogen-bond donors (Lipinski definition) is 2. The number of nitrogens with one attached hydrogen (secondary N) is 2. The van der Waals surface area contributed by atoms with Gasteiger partial charge in [0.1, 0.15) is 0 Å². The molecule has 2 saturated carbocycles. The lowest BCUT2D eigenvalue weighted by molar-refractivity contribution is 0.252. The van der Waals surface area contributed by atoms with Gasteiger partial charge in [-0.05, 0) is 57.9 Å². The quantitative estimate of drug-likeness (QED) is 0.783. The lowest BCUT2D eigenvalue weighted by Crippen LogP contribution is -2.53. The van der Waals surface area contributed by atoms with Crippen LogP contribution in [0.2, 0.25) is 0 Å². The lowest BCUT2D eigenvalue weighted by atomic mass is 10.00. The summed E-state index contributed by atoms with van der Waals surface area (Å²) >= 11 is 0. The zero-order valence-electron chi connectivity index (χ0n) is 13.1. The molecule has 0 bridgehead atoms. The fraction of sp³-hybridized carbons (Fsp3) is 1.00. The van der Waals surface area contributed by atoms with E-state index in [2.05, 4.69) is 10.0 Å². The molecule has 0 aromatic rings. The lowest BCUT2D eigenvalue weighted by Gasteiger charge is -2.35. The van der Waals surface area contributed by atoms with Gasteiger partial charge in [-0.15, -0.1) is 0 Å². The fourth-order valence-corrected chi connectivity index (χ4v) is 5.40. The van der Waals surface area contributed by atoms with Gasteiger partial charge in [0.15, 0.2) is 0 Å². The number of rotatable bonds is 6. The molecular formula is C15H29N3O2S. The average molecular weight is 315 g/mol. The Kier molecular flexibility index (Phi) is 4.60. The van der Waals surface area contributed by atoms with Crippen molar-refractivity contribution in [1.82, 2.24) is 14.3 Å². The minimum atomic E-state index is -3.33. The van der Waals surface area contributed by atoms with Crippen LogP contribution in [0.15, 0.2) is 0 Å². The van der Waals surface area contributed by atoms with Gasteiger partial charge in [-0.3, -0.25) is 0 Å². The molecular weight excluding hydrogens is 286 g/mol. The zero-order valence-corrected chi connectivity index (χ0v) is 13.9. The molecule has 122 valence electrons. The van der Waals surface area contributed by atoms with E-state index < -0.39 is 10.2 Å². The monoisotopic (exact) mass is 315 g/mol. The number of nitrogens with zero attached hydrogens (tertiary/aromatic N) is 1. The van der Waals surface area contributed by atoms with Gasteiger partial charge in [0.05, 0.1) is 0 Å². The first-order chi connectivity index (χ1) is 9.97. The van der Waals surface area contributed by atoms with Crippen LogP contribution >= 0.6 is 0 Å². The molecule has 1 saturated heterocycles. The third-order valence-corrected chi connectivity index (χ3v) is 6.94. The van der Waals surface area contributed by atoms with E-state index in [9.17, 15) is 8.42 Å². The van der Waals surface area contributed by atoms with Crippen LogP contribution in [0.4, 0.5) is 0 Å². The first-order valence-electron chi connectivity index (χ1n) is 8.49. The Morgan fingerprint density at radius 2 is 1.86 bits per heavy atom. The summed E-state index contributed by atoms with van der Waals surface area (Å²) < 4.78 is 29.9. The first kappa shape index (κ1) is 15.7. The summed E-state index contributed by atoms with van der Waals surface area (Å²) in [6.45, 7) is 4.36. The van der Waals surface area contributed by atoms with Crippen LogP contribution in [0.1, 0.15) is 58.3 Å². The molecule has 3 aliphatic rings. The van der Waals surface area contributed by atoms with E-state index in [-0.39, 0.29) is 5.54 Å². The van der Waals surface area contributed by atoms with Crippen LogP contribution in [-0.2, 0) is 10.2 Å². The van der Waals surface area contributed by atoms with Crippen molar-refractivity contribution in [2.45, 2.75) is 69.9 Å². The van der Waals surface area contributed by atoms with Crippen LogP contribution in [-0.4, -0.2) is 43.9 Å². The van der Waals surface area contributed by atoms with Crippen LogP contribution in [0, 0.1) is 5.92 Å². The number of piperidine rings is 1. The summed E-state index contributed by atoms with van der Waals surface area (Å²) in [4.78, 5) is 0. The van der Waals surface area contributed by atoms with Crippen molar-refractivity contribution < 1.29 is 8.42 Å². The molecule has 0 aromatic carbocycles. The highest BCUT2D eigenvalue weighted by Gasteiger charge is 2.37. The van der Waals surface area contributed by atoms with Gasteiger partial charge in [-0.1, -0.05) is 12.8 Å². The van der Waals surface area contributed by atoms with Gasteiger partial charge in [-0.2, -0.15) is 17.4 Å². The fourth-order valence-electron chi connectivity index (χ4n) is 3.67. The third kappa shape index (κ3) is 4.18. The molecule has 5 nitrogen and oxygen atoms in total. The topological polar surface area (TPSA) is 61.4 Å². The third-order valence-electron chi connectivity index (χ3n) is 5.18. The molecule has 1 atom stereocenters. The van der Waals surface area contributed by atoms with Crippen molar-refractivity contribution in [1.29, 1.82) is 0 Å². The van der Waals surface area contributed by atoms with Gasteiger partial charge in [0, 0.05) is 24.7 Å². The van der Waals surface area contributed by atoms with Crippen molar-refractivity contribution in [2.75, 3.05) is 19.6 Å². The van der Waals surface area contributed by atoms with E-state index in [0.717, 1.165) is 45.1 Å². The van der Waals surface area contributed by atoms with Gasteiger partial charge in [0.2, 0.25) is 0 Å². The highest BCUT2D eigenvalue weighted by Crippen LogP contribution is 2.30. The van der Waals surface area contributed by atoms with E-state index in [0.29, 0.717) is 25.0 Å². The second kappa shape index (κ2) is 6.14. The van der Waals surface area contributed by atoms with Crippen molar-refractivity contribution in [2.24, 2.45) is 5.92 Å². The smallest absolute Gasteiger partial charge is 0.279 e. The second-order valence-electron chi connectivity index (χ2n) is 7.42. The maximum Gasteiger partial charge on any atom is 0.279 e. The maximum absolute atomic E-state index is 12.6. The molecule has 0 radical (unpaired) electrons. The molecule has 2 N–H and O–H groups in total. The van der Waals surface area contributed by atoms with Crippen LogP contribution in [0.25, 0.3) is 0 Å². The Balaban J connectivity index is 1.55. The molecule has 21 heavy (non-hydrogen) atoms. The van der Waals surface area contributed by atoms with E-state index in [1.54, 1.807) is 4.31 Å². The van der Waals surface area contributed by atoms with Crippen LogP contribution < -0.4 is 10.0 Å².